The molecule has 1 amide bonds. The molecule has 0 heterocycles. The van der Waals surface area contributed by atoms with Gasteiger partial charge in [0.2, 0.25) is 0 Å². The number of halogens is 3. The maximum absolute atomic E-state index is 12.5. The number of anilines is 1. The number of hydrogen-bond donors (Lipinski definition) is 2. The Hall–Kier alpha value is -1.05. The van der Waals surface area contributed by atoms with Gasteiger partial charge in [-0.05, 0) is 30.3 Å². The van der Waals surface area contributed by atoms with Crippen molar-refractivity contribution in [2.45, 2.75) is 15.5 Å². The quantitative estimate of drug-likeness (QED) is 0.548. The fraction of sp³-hybridized carbons (Fsp3) is 0.0714. The summed E-state index contributed by atoms with van der Waals surface area (Å²) >= 11 is 7.92. The fourth-order valence-corrected chi connectivity index (χ4v) is 3.10. The molecule has 0 spiro atoms. The second-order valence-corrected chi connectivity index (χ2v) is 6.42. The zero-order valence-electron chi connectivity index (χ0n) is 10.5. The van der Waals surface area contributed by atoms with Gasteiger partial charge < -0.3 is 5.32 Å². The van der Waals surface area contributed by atoms with E-state index in [0.717, 1.165) is 4.47 Å². The summed E-state index contributed by atoms with van der Waals surface area (Å²) in [5, 5.41) is 2.64. The van der Waals surface area contributed by atoms with Gasteiger partial charge in [-0.2, -0.15) is 8.78 Å². The second kappa shape index (κ2) is 7.29. The Morgan fingerprint density at radius 3 is 2.62 bits per heavy atom. The minimum absolute atomic E-state index is 0.318. The molecular formula is C14H10BrF2NOS2. The van der Waals surface area contributed by atoms with Crippen molar-refractivity contribution in [3.63, 3.8) is 0 Å². The first-order chi connectivity index (χ1) is 9.97. The average Bonchev–Trinajstić information content (AvgIpc) is 2.40. The van der Waals surface area contributed by atoms with Crippen LogP contribution in [0.1, 0.15) is 10.4 Å². The van der Waals surface area contributed by atoms with Crippen molar-refractivity contribution in [2.24, 2.45) is 0 Å². The summed E-state index contributed by atoms with van der Waals surface area (Å²) < 4.78 is 25.8. The number of amides is 1. The van der Waals surface area contributed by atoms with Crippen LogP contribution in [0.2, 0.25) is 0 Å². The van der Waals surface area contributed by atoms with E-state index in [4.69, 9.17) is 0 Å². The molecule has 0 saturated heterocycles. The van der Waals surface area contributed by atoms with Crippen LogP contribution in [-0.4, -0.2) is 11.7 Å². The lowest BCUT2D eigenvalue weighted by molar-refractivity contribution is 0.102. The van der Waals surface area contributed by atoms with Gasteiger partial charge in [-0.3, -0.25) is 4.79 Å². The van der Waals surface area contributed by atoms with Crippen LogP contribution in [-0.2, 0) is 0 Å². The molecule has 21 heavy (non-hydrogen) atoms. The van der Waals surface area contributed by atoms with E-state index in [2.05, 4.69) is 33.9 Å². The molecule has 0 aliphatic heterocycles. The van der Waals surface area contributed by atoms with Gasteiger partial charge >= 0.3 is 0 Å². The molecule has 0 bridgehead atoms. The summed E-state index contributed by atoms with van der Waals surface area (Å²) in [5.41, 5.74) is 0.724. The van der Waals surface area contributed by atoms with Gasteiger partial charge in [0.25, 0.3) is 11.7 Å². The smallest absolute Gasteiger partial charge is 0.288 e. The van der Waals surface area contributed by atoms with Crippen LogP contribution in [0, 0.1) is 0 Å². The summed E-state index contributed by atoms with van der Waals surface area (Å²) in [4.78, 5) is 13.0. The highest BCUT2D eigenvalue weighted by Crippen LogP contribution is 2.32. The summed E-state index contributed by atoms with van der Waals surface area (Å²) in [6.45, 7) is 0. The molecule has 0 aliphatic carbocycles. The van der Waals surface area contributed by atoms with Gasteiger partial charge in [0.15, 0.2) is 0 Å². The third-order valence-electron chi connectivity index (χ3n) is 2.56. The lowest BCUT2D eigenvalue weighted by Crippen LogP contribution is -2.13. The first kappa shape index (κ1) is 16.3. The third-order valence-corrected chi connectivity index (χ3v) is 4.21. The van der Waals surface area contributed by atoms with E-state index in [9.17, 15) is 13.6 Å². The highest BCUT2D eigenvalue weighted by Gasteiger charge is 2.14. The van der Waals surface area contributed by atoms with Gasteiger partial charge in [0.1, 0.15) is 0 Å². The third kappa shape index (κ3) is 4.46. The highest BCUT2D eigenvalue weighted by atomic mass is 79.9. The van der Waals surface area contributed by atoms with E-state index in [0.29, 0.717) is 32.8 Å². The lowest BCUT2D eigenvalue weighted by Gasteiger charge is -2.11. The number of carbonyl (C=O) groups excluding carboxylic acids is 1. The SMILES string of the molecule is O=C(Nc1ccccc1SC(F)F)c1ccc(Br)cc1S. The standard InChI is InChI=1S/C14H10BrF2NOS2/c15-8-5-6-9(11(20)7-8)13(19)18-10-3-1-2-4-12(10)21-14(16)17/h1-7,14,20H,(H,18,19). The predicted molar refractivity (Wildman–Crippen MR) is 87.7 cm³/mol. The van der Waals surface area contributed by atoms with Gasteiger partial charge in [0.05, 0.1) is 11.3 Å². The number of alkyl halides is 2. The molecule has 0 aliphatic rings. The molecule has 7 heteroatoms. The highest BCUT2D eigenvalue weighted by molar-refractivity contribution is 9.10. The maximum atomic E-state index is 12.5. The van der Waals surface area contributed by atoms with Crippen molar-refractivity contribution >= 4 is 51.9 Å². The Morgan fingerprint density at radius 2 is 1.95 bits per heavy atom. The number of thioether (sulfide) groups is 1. The fourth-order valence-electron chi connectivity index (χ4n) is 1.66. The lowest BCUT2D eigenvalue weighted by atomic mass is 10.2. The Bertz CT molecular complexity index is 667. The maximum Gasteiger partial charge on any atom is 0.288 e. The van der Waals surface area contributed by atoms with Crippen molar-refractivity contribution in [1.29, 1.82) is 0 Å². The molecule has 0 unspecified atom stereocenters. The van der Waals surface area contributed by atoms with Crippen LogP contribution in [0.4, 0.5) is 14.5 Å². The molecule has 1 N–H and O–H groups in total. The number of benzene rings is 2. The first-order valence-corrected chi connectivity index (χ1v) is 7.93. The zero-order valence-corrected chi connectivity index (χ0v) is 13.8. The second-order valence-electron chi connectivity index (χ2n) is 3.99. The normalized spacial score (nSPS) is 10.7. The topological polar surface area (TPSA) is 29.1 Å². The number of thiol groups is 1. The summed E-state index contributed by atoms with van der Waals surface area (Å²) in [6, 6.07) is 11.5. The molecule has 0 atom stereocenters. The Kier molecular flexibility index (Phi) is 5.66. The number of hydrogen-bond acceptors (Lipinski definition) is 3. The molecule has 2 aromatic rings. The van der Waals surface area contributed by atoms with E-state index in [1.807, 2.05) is 0 Å². The van der Waals surface area contributed by atoms with Gasteiger partial charge in [-0.25, -0.2) is 0 Å². The Balaban J connectivity index is 2.23. The minimum Gasteiger partial charge on any atom is -0.321 e. The Morgan fingerprint density at radius 1 is 1.24 bits per heavy atom. The van der Waals surface area contributed by atoms with Crippen molar-refractivity contribution in [3.8, 4) is 0 Å². The van der Waals surface area contributed by atoms with Gasteiger partial charge in [0, 0.05) is 14.3 Å². The van der Waals surface area contributed by atoms with E-state index in [-0.39, 0.29) is 0 Å². The molecule has 0 radical (unpaired) electrons. The van der Waals surface area contributed by atoms with E-state index >= 15 is 0 Å². The monoisotopic (exact) mass is 389 g/mol. The number of nitrogens with one attached hydrogen (secondary N) is 1. The van der Waals surface area contributed by atoms with Crippen LogP contribution in [0.5, 0.6) is 0 Å². The van der Waals surface area contributed by atoms with Gasteiger partial charge in [-0.15, -0.1) is 12.6 Å². The molecule has 2 aromatic carbocycles. The van der Waals surface area contributed by atoms with Crippen LogP contribution in [0.3, 0.4) is 0 Å². The largest absolute Gasteiger partial charge is 0.321 e. The van der Waals surface area contributed by atoms with Crippen molar-refractivity contribution in [2.75, 3.05) is 5.32 Å². The van der Waals surface area contributed by atoms with Crippen LogP contribution < -0.4 is 5.32 Å². The van der Waals surface area contributed by atoms with E-state index in [1.165, 1.54) is 6.07 Å². The predicted octanol–water partition coefficient (Wildman–Crippen LogP) is 5.30. The summed E-state index contributed by atoms with van der Waals surface area (Å²) in [5.74, 6) is -2.94. The zero-order chi connectivity index (χ0) is 15.4. The molecule has 2 rings (SSSR count). The average molecular weight is 390 g/mol. The van der Waals surface area contributed by atoms with Gasteiger partial charge in [-0.1, -0.05) is 39.8 Å². The number of rotatable bonds is 4. The minimum atomic E-state index is -2.55. The van der Waals surface area contributed by atoms with E-state index < -0.39 is 11.7 Å². The first-order valence-electron chi connectivity index (χ1n) is 5.81. The number of para-hydroxylation sites is 1. The summed E-state index contributed by atoms with van der Waals surface area (Å²) in [7, 11) is 0. The Labute approximate surface area is 138 Å². The molecular weight excluding hydrogens is 380 g/mol. The summed E-state index contributed by atoms with van der Waals surface area (Å²) in [6.07, 6.45) is 0. The van der Waals surface area contributed by atoms with Crippen LogP contribution in [0.25, 0.3) is 0 Å². The molecule has 0 saturated carbocycles. The molecule has 0 aromatic heterocycles. The van der Waals surface area contributed by atoms with Crippen LogP contribution >= 0.6 is 40.3 Å². The van der Waals surface area contributed by atoms with Crippen molar-refractivity contribution in [3.05, 3.63) is 52.5 Å². The van der Waals surface area contributed by atoms with Crippen molar-refractivity contribution < 1.29 is 13.6 Å². The number of carbonyl (C=O) groups is 1. The van der Waals surface area contributed by atoms with E-state index in [1.54, 1.807) is 36.4 Å². The molecule has 2 nitrogen and oxygen atoms in total. The van der Waals surface area contributed by atoms with Crippen LogP contribution in [0.15, 0.2) is 56.7 Å². The van der Waals surface area contributed by atoms with Crippen molar-refractivity contribution in [1.82, 2.24) is 0 Å². The molecule has 0 fully saturated rings. The molecule has 110 valence electrons.